The summed E-state index contributed by atoms with van der Waals surface area (Å²) in [5.41, 5.74) is 2.18. The van der Waals surface area contributed by atoms with E-state index >= 15 is 0 Å². The van der Waals surface area contributed by atoms with Crippen LogP contribution in [0.4, 0.5) is 4.79 Å². The van der Waals surface area contributed by atoms with E-state index in [1.165, 1.54) is 12.8 Å². The topological polar surface area (TPSA) is 50.8 Å². The molecule has 1 aromatic carbocycles. The van der Waals surface area contributed by atoms with E-state index in [1.54, 1.807) is 7.11 Å². The Hall–Kier alpha value is -1.75. The summed E-state index contributed by atoms with van der Waals surface area (Å²) >= 11 is 0. The van der Waals surface area contributed by atoms with Crippen LogP contribution in [0.1, 0.15) is 36.8 Å². The molecule has 0 radical (unpaired) electrons. The van der Waals surface area contributed by atoms with Crippen LogP contribution in [0.3, 0.4) is 0 Å². The molecule has 2 heterocycles. The van der Waals surface area contributed by atoms with Crippen LogP contribution in [0.25, 0.3) is 0 Å². The van der Waals surface area contributed by atoms with Gasteiger partial charge in [-0.2, -0.15) is 0 Å². The highest BCUT2D eigenvalue weighted by Crippen LogP contribution is 2.28. The van der Waals surface area contributed by atoms with Crippen LogP contribution >= 0.6 is 0 Å². The number of nitrogens with zero attached hydrogens (tertiary/aromatic N) is 1. The quantitative estimate of drug-likeness (QED) is 0.922. The van der Waals surface area contributed by atoms with E-state index in [0.717, 1.165) is 49.4 Å². The number of benzene rings is 1. The number of piperidine rings is 1. The van der Waals surface area contributed by atoms with Crippen LogP contribution in [-0.4, -0.2) is 43.8 Å². The van der Waals surface area contributed by atoms with Gasteiger partial charge in [0.2, 0.25) is 0 Å². The van der Waals surface area contributed by atoms with E-state index in [9.17, 15) is 4.79 Å². The Morgan fingerprint density at radius 1 is 1.33 bits per heavy atom. The van der Waals surface area contributed by atoms with E-state index < -0.39 is 0 Å². The Morgan fingerprint density at radius 2 is 2.12 bits per heavy atom. The number of hydrogen-bond donors (Lipinski definition) is 1. The monoisotopic (exact) mass is 332 g/mol. The van der Waals surface area contributed by atoms with Crippen molar-refractivity contribution in [3.05, 3.63) is 29.3 Å². The highest BCUT2D eigenvalue weighted by Gasteiger charge is 2.30. The standard InChI is InChI=1S/C19H28N2O3/c1-14-12-15(5-6-17(14)23-2)13-20-19(22)21-9-7-16(8-10-21)18-4-3-11-24-18/h5-6,12,16,18H,3-4,7-11,13H2,1-2H3,(H,20,22). The Morgan fingerprint density at radius 3 is 2.75 bits per heavy atom. The second-order valence-corrected chi connectivity index (χ2v) is 6.84. The highest BCUT2D eigenvalue weighted by atomic mass is 16.5. The Kier molecular flexibility index (Phi) is 5.61. The van der Waals surface area contributed by atoms with Crippen molar-refractivity contribution in [3.63, 3.8) is 0 Å². The molecule has 2 saturated heterocycles. The third kappa shape index (κ3) is 4.01. The summed E-state index contributed by atoms with van der Waals surface area (Å²) in [6.45, 7) is 5.14. The lowest BCUT2D eigenvalue weighted by Crippen LogP contribution is -2.45. The molecule has 0 aromatic heterocycles. The lowest BCUT2D eigenvalue weighted by atomic mass is 9.90. The summed E-state index contributed by atoms with van der Waals surface area (Å²) in [5.74, 6) is 1.50. The third-order valence-electron chi connectivity index (χ3n) is 5.22. The normalized spacial score (nSPS) is 21.8. The first-order chi connectivity index (χ1) is 11.7. The number of ether oxygens (including phenoxy) is 2. The fraction of sp³-hybridized carbons (Fsp3) is 0.632. The summed E-state index contributed by atoms with van der Waals surface area (Å²) in [4.78, 5) is 14.3. The Labute approximate surface area is 144 Å². The van der Waals surface area contributed by atoms with Crippen LogP contribution in [0.5, 0.6) is 5.75 Å². The van der Waals surface area contributed by atoms with Gasteiger partial charge in [-0.25, -0.2) is 4.79 Å². The molecule has 1 aromatic rings. The van der Waals surface area contributed by atoms with E-state index in [0.29, 0.717) is 18.6 Å². The lowest BCUT2D eigenvalue weighted by molar-refractivity contribution is 0.0372. The number of rotatable bonds is 4. The van der Waals surface area contributed by atoms with Crippen LogP contribution in [0.15, 0.2) is 18.2 Å². The number of aryl methyl sites for hydroxylation is 1. The fourth-order valence-electron chi connectivity index (χ4n) is 3.79. The molecule has 3 rings (SSSR count). The number of likely N-dealkylation sites (tertiary alicyclic amines) is 1. The van der Waals surface area contributed by atoms with Crippen molar-refractivity contribution in [3.8, 4) is 5.75 Å². The smallest absolute Gasteiger partial charge is 0.317 e. The average Bonchev–Trinajstić information content (AvgIpc) is 3.14. The van der Waals surface area contributed by atoms with Crippen molar-refractivity contribution in [2.45, 2.75) is 45.3 Å². The lowest BCUT2D eigenvalue weighted by Gasteiger charge is -2.34. The number of nitrogens with one attached hydrogen (secondary N) is 1. The summed E-state index contributed by atoms with van der Waals surface area (Å²) in [6, 6.07) is 6.04. The number of amides is 2. The number of hydrogen-bond acceptors (Lipinski definition) is 3. The molecule has 24 heavy (non-hydrogen) atoms. The van der Waals surface area contributed by atoms with Crippen molar-refractivity contribution >= 4 is 6.03 Å². The molecule has 2 aliphatic rings. The molecule has 2 aliphatic heterocycles. The minimum absolute atomic E-state index is 0.0364. The molecule has 0 spiro atoms. The van der Waals surface area contributed by atoms with E-state index in [4.69, 9.17) is 9.47 Å². The van der Waals surface area contributed by atoms with Crippen LogP contribution in [-0.2, 0) is 11.3 Å². The number of carbonyl (C=O) groups excluding carboxylic acids is 1. The fourth-order valence-corrected chi connectivity index (χ4v) is 3.79. The molecule has 0 aliphatic carbocycles. The molecule has 1 unspecified atom stereocenters. The molecule has 132 valence electrons. The predicted octanol–water partition coefficient (Wildman–Crippen LogP) is 3.10. The molecule has 0 saturated carbocycles. The second kappa shape index (κ2) is 7.88. The first-order valence-electron chi connectivity index (χ1n) is 8.95. The van der Waals surface area contributed by atoms with Gasteiger partial charge in [-0.15, -0.1) is 0 Å². The molecule has 5 nitrogen and oxygen atoms in total. The Balaban J connectivity index is 1.45. The van der Waals surface area contributed by atoms with Crippen molar-refractivity contribution in [1.29, 1.82) is 0 Å². The second-order valence-electron chi connectivity index (χ2n) is 6.84. The van der Waals surface area contributed by atoms with Gasteiger partial charge in [0.05, 0.1) is 13.2 Å². The van der Waals surface area contributed by atoms with Gasteiger partial charge >= 0.3 is 6.03 Å². The third-order valence-corrected chi connectivity index (χ3v) is 5.22. The van der Waals surface area contributed by atoms with Gasteiger partial charge in [-0.05, 0) is 55.7 Å². The number of urea groups is 1. The van der Waals surface area contributed by atoms with Crippen LogP contribution < -0.4 is 10.1 Å². The van der Waals surface area contributed by atoms with Crippen molar-refractivity contribution < 1.29 is 14.3 Å². The molecule has 5 heteroatoms. The zero-order chi connectivity index (χ0) is 16.9. The summed E-state index contributed by atoms with van der Waals surface area (Å²) < 4.78 is 11.1. The van der Waals surface area contributed by atoms with E-state index in [1.807, 2.05) is 24.0 Å². The van der Waals surface area contributed by atoms with Crippen molar-refractivity contribution in [2.75, 3.05) is 26.8 Å². The van der Waals surface area contributed by atoms with Gasteiger partial charge in [0.1, 0.15) is 5.75 Å². The molecular formula is C19H28N2O3. The molecule has 1 atom stereocenters. The van der Waals surface area contributed by atoms with Crippen LogP contribution in [0.2, 0.25) is 0 Å². The highest BCUT2D eigenvalue weighted by molar-refractivity contribution is 5.74. The zero-order valence-electron chi connectivity index (χ0n) is 14.7. The van der Waals surface area contributed by atoms with Gasteiger partial charge in [0.25, 0.3) is 0 Å². The van der Waals surface area contributed by atoms with E-state index in [-0.39, 0.29) is 6.03 Å². The molecular weight excluding hydrogens is 304 g/mol. The maximum Gasteiger partial charge on any atom is 0.317 e. The molecule has 2 fully saturated rings. The molecule has 0 bridgehead atoms. The SMILES string of the molecule is COc1ccc(CNC(=O)N2CCC(C3CCCO3)CC2)cc1C. The maximum absolute atomic E-state index is 12.4. The minimum atomic E-state index is 0.0364. The number of methoxy groups -OCH3 is 1. The van der Waals surface area contributed by atoms with Gasteiger partial charge in [0, 0.05) is 26.2 Å². The first-order valence-corrected chi connectivity index (χ1v) is 8.95. The van der Waals surface area contributed by atoms with Crippen LogP contribution in [0, 0.1) is 12.8 Å². The van der Waals surface area contributed by atoms with Gasteiger partial charge < -0.3 is 19.7 Å². The predicted molar refractivity (Wildman–Crippen MR) is 93.2 cm³/mol. The largest absolute Gasteiger partial charge is 0.496 e. The van der Waals surface area contributed by atoms with Crippen molar-refractivity contribution in [1.82, 2.24) is 10.2 Å². The zero-order valence-corrected chi connectivity index (χ0v) is 14.7. The molecule has 1 N–H and O–H groups in total. The molecule has 2 amide bonds. The van der Waals surface area contributed by atoms with Gasteiger partial charge in [-0.3, -0.25) is 0 Å². The Bertz CT molecular complexity index is 562. The summed E-state index contributed by atoms with van der Waals surface area (Å²) in [6.07, 6.45) is 4.91. The maximum atomic E-state index is 12.4. The van der Waals surface area contributed by atoms with E-state index in [2.05, 4.69) is 11.4 Å². The van der Waals surface area contributed by atoms with Gasteiger partial charge in [-0.1, -0.05) is 12.1 Å². The average molecular weight is 332 g/mol. The van der Waals surface area contributed by atoms with Crippen molar-refractivity contribution in [2.24, 2.45) is 5.92 Å². The summed E-state index contributed by atoms with van der Waals surface area (Å²) in [5, 5.41) is 3.03. The first kappa shape index (κ1) is 17.1. The minimum Gasteiger partial charge on any atom is -0.496 e. The summed E-state index contributed by atoms with van der Waals surface area (Å²) in [7, 11) is 1.67. The van der Waals surface area contributed by atoms with Gasteiger partial charge in [0.15, 0.2) is 0 Å². The number of carbonyl (C=O) groups is 1.